The van der Waals surface area contributed by atoms with Gasteiger partial charge in [-0.2, -0.15) is 0 Å². The number of carbonyl (C=O) groups is 4. The summed E-state index contributed by atoms with van der Waals surface area (Å²) < 4.78 is 0. The summed E-state index contributed by atoms with van der Waals surface area (Å²) in [6.45, 7) is 2.50. The van der Waals surface area contributed by atoms with Gasteiger partial charge in [0.05, 0.1) is 11.8 Å². The maximum absolute atomic E-state index is 13.9. The lowest BCUT2D eigenvalue weighted by molar-refractivity contribution is -0.144. The molecule has 212 valence electrons. The lowest BCUT2D eigenvalue weighted by Crippen LogP contribution is -2.51. The summed E-state index contributed by atoms with van der Waals surface area (Å²) in [6.07, 6.45) is 6.83. The third-order valence-electron chi connectivity index (χ3n) is 7.64. The van der Waals surface area contributed by atoms with Crippen LogP contribution in [0.2, 0.25) is 10.0 Å². The van der Waals surface area contributed by atoms with Crippen molar-refractivity contribution in [2.24, 2.45) is 11.8 Å². The van der Waals surface area contributed by atoms with Gasteiger partial charge < -0.3 is 10.2 Å². The molecule has 0 spiro atoms. The van der Waals surface area contributed by atoms with Crippen LogP contribution >= 0.6 is 23.2 Å². The van der Waals surface area contributed by atoms with Crippen LogP contribution in [0.5, 0.6) is 0 Å². The molecule has 1 fully saturated rings. The van der Waals surface area contributed by atoms with Gasteiger partial charge in [0.15, 0.2) is 0 Å². The highest BCUT2D eigenvalue weighted by molar-refractivity contribution is 6.36. The van der Waals surface area contributed by atoms with E-state index >= 15 is 0 Å². The summed E-state index contributed by atoms with van der Waals surface area (Å²) in [5, 5.41) is 3.75. The van der Waals surface area contributed by atoms with Crippen LogP contribution in [0.4, 0.5) is 0 Å². The van der Waals surface area contributed by atoms with Crippen molar-refractivity contribution in [2.45, 2.75) is 58.0 Å². The molecule has 2 aromatic carbocycles. The molecule has 0 aromatic heterocycles. The van der Waals surface area contributed by atoms with Gasteiger partial charge in [-0.1, -0.05) is 85.1 Å². The van der Waals surface area contributed by atoms with Gasteiger partial charge in [-0.05, 0) is 37.0 Å². The zero-order valence-corrected chi connectivity index (χ0v) is 24.2. The van der Waals surface area contributed by atoms with E-state index in [0.29, 0.717) is 35.0 Å². The monoisotopic (exact) mass is 583 g/mol. The average molecular weight is 585 g/mol. The maximum Gasteiger partial charge on any atom is 0.243 e. The topological polar surface area (TPSA) is 86.8 Å². The first-order valence-corrected chi connectivity index (χ1v) is 14.6. The maximum atomic E-state index is 13.9. The van der Waals surface area contributed by atoms with E-state index in [2.05, 4.69) is 5.32 Å². The lowest BCUT2D eigenvalue weighted by Gasteiger charge is -2.32. The molecule has 7 nitrogen and oxygen atoms in total. The van der Waals surface area contributed by atoms with E-state index in [9.17, 15) is 19.2 Å². The molecule has 1 aliphatic heterocycles. The molecule has 0 unspecified atom stereocenters. The van der Waals surface area contributed by atoms with Crippen molar-refractivity contribution in [1.82, 2.24) is 15.1 Å². The van der Waals surface area contributed by atoms with Crippen LogP contribution in [0, 0.1) is 11.8 Å². The Hall–Kier alpha value is -3.16. The molecule has 0 radical (unpaired) electrons. The number of likely N-dealkylation sites (tertiary alicyclic amines) is 1. The van der Waals surface area contributed by atoms with Gasteiger partial charge in [0.25, 0.3) is 0 Å². The van der Waals surface area contributed by atoms with Gasteiger partial charge >= 0.3 is 0 Å². The number of benzene rings is 2. The molecular weight excluding hydrogens is 549 g/mol. The number of halogens is 2. The normalized spacial score (nSPS) is 18.9. The summed E-state index contributed by atoms with van der Waals surface area (Å²) in [6, 6.07) is 13.7. The minimum absolute atomic E-state index is 0.00704. The van der Waals surface area contributed by atoms with Crippen molar-refractivity contribution in [1.29, 1.82) is 0 Å². The van der Waals surface area contributed by atoms with Crippen molar-refractivity contribution in [3.63, 3.8) is 0 Å². The quantitative estimate of drug-likeness (QED) is 0.211. The van der Waals surface area contributed by atoms with E-state index in [-0.39, 0.29) is 61.4 Å². The van der Waals surface area contributed by atoms with Gasteiger partial charge in [0.1, 0.15) is 6.04 Å². The number of imide groups is 1. The highest BCUT2D eigenvalue weighted by Crippen LogP contribution is 2.35. The summed E-state index contributed by atoms with van der Waals surface area (Å²) in [7, 11) is 0. The van der Waals surface area contributed by atoms with E-state index in [4.69, 9.17) is 23.2 Å². The fourth-order valence-corrected chi connectivity index (χ4v) is 5.87. The number of nitrogens with one attached hydrogen (secondary N) is 1. The molecule has 40 heavy (non-hydrogen) atoms. The zero-order valence-electron chi connectivity index (χ0n) is 22.7. The Balaban J connectivity index is 1.61. The first kappa shape index (κ1) is 29.8. The molecule has 3 atom stereocenters. The lowest BCUT2D eigenvalue weighted by atomic mass is 9.85. The standard InChI is InChI=1S/C31H35Cl2N3O4/c1-2-3-17-34-29(38)27(19-21-10-5-4-6-11-21)36(20-24-25(32)14-9-15-26(24)33)28(37)16-18-35-30(39)22-12-7-8-13-23(22)31(35)40/h4-11,14-15,22-23,27H,2-3,12-13,16-20H2,1H3,(H,34,38)/t22-,23+,27-/m0/s1. The van der Waals surface area contributed by atoms with E-state index in [1.54, 1.807) is 18.2 Å². The number of amides is 4. The number of hydrogen-bond acceptors (Lipinski definition) is 4. The Bertz CT molecular complexity index is 1220. The van der Waals surface area contributed by atoms with Gasteiger partial charge in [0, 0.05) is 48.1 Å². The van der Waals surface area contributed by atoms with Crippen LogP contribution < -0.4 is 5.32 Å². The zero-order chi connectivity index (χ0) is 28.6. The summed E-state index contributed by atoms with van der Waals surface area (Å²) in [5.41, 5.74) is 1.42. The van der Waals surface area contributed by atoms with Crippen molar-refractivity contribution >= 4 is 46.8 Å². The third-order valence-corrected chi connectivity index (χ3v) is 8.35. The van der Waals surface area contributed by atoms with E-state index in [1.165, 1.54) is 9.80 Å². The van der Waals surface area contributed by atoms with Gasteiger partial charge in [-0.15, -0.1) is 0 Å². The van der Waals surface area contributed by atoms with Crippen LogP contribution in [-0.4, -0.2) is 52.6 Å². The fraction of sp³-hybridized carbons (Fsp3) is 0.419. The number of nitrogens with zero attached hydrogens (tertiary/aromatic N) is 2. The second kappa shape index (κ2) is 14.0. The minimum Gasteiger partial charge on any atom is -0.354 e. The predicted octanol–water partition coefficient (Wildman–Crippen LogP) is 5.19. The largest absolute Gasteiger partial charge is 0.354 e. The van der Waals surface area contributed by atoms with E-state index in [1.807, 2.05) is 49.4 Å². The number of carbonyl (C=O) groups excluding carboxylic acids is 4. The van der Waals surface area contributed by atoms with Crippen molar-refractivity contribution in [3.05, 3.63) is 81.9 Å². The summed E-state index contributed by atoms with van der Waals surface area (Å²) in [5.74, 6) is -1.82. The molecule has 1 saturated heterocycles. The Morgan fingerprint density at radius 1 is 0.975 bits per heavy atom. The van der Waals surface area contributed by atoms with Gasteiger partial charge in [-0.3, -0.25) is 24.1 Å². The highest BCUT2D eigenvalue weighted by atomic mass is 35.5. The van der Waals surface area contributed by atoms with Crippen LogP contribution in [0.25, 0.3) is 0 Å². The third kappa shape index (κ3) is 6.94. The second-order valence-corrected chi connectivity index (χ2v) is 11.1. The summed E-state index contributed by atoms with van der Waals surface area (Å²) >= 11 is 13.0. The molecule has 4 amide bonds. The SMILES string of the molecule is CCCCNC(=O)[C@H](Cc1ccccc1)N(Cc1c(Cl)cccc1Cl)C(=O)CCN1C(=O)[C@H]2CC=CC[C@H]2C1=O. The fourth-order valence-electron chi connectivity index (χ4n) is 5.35. The first-order chi connectivity index (χ1) is 19.3. The molecule has 0 saturated carbocycles. The molecule has 1 N–H and O–H groups in total. The van der Waals surface area contributed by atoms with Crippen molar-refractivity contribution in [2.75, 3.05) is 13.1 Å². The minimum atomic E-state index is -0.851. The van der Waals surface area contributed by atoms with Gasteiger partial charge in [0.2, 0.25) is 23.6 Å². The number of unbranched alkanes of at least 4 members (excludes halogenated alkanes) is 1. The molecule has 2 aromatic rings. The molecule has 1 aliphatic carbocycles. The first-order valence-electron chi connectivity index (χ1n) is 13.9. The Labute approximate surface area is 245 Å². The molecule has 4 rings (SSSR count). The predicted molar refractivity (Wildman–Crippen MR) is 156 cm³/mol. The molecule has 1 heterocycles. The number of hydrogen-bond donors (Lipinski definition) is 1. The Morgan fingerprint density at radius 3 is 2.20 bits per heavy atom. The molecule has 9 heteroatoms. The Morgan fingerprint density at radius 2 is 1.60 bits per heavy atom. The van der Waals surface area contributed by atoms with Crippen molar-refractivity contribution < 1.29 is 19.2 Å². The smallest absolute Gasteiger partial charge is 0.243 e. The van der Waals surface area contributed by atoms with Crippen LogP contribution in [-0.2, 0) is 32.1 Å². The summed E-state index contributed by atoms with van der Waals surface area (Å²) in [4.78, 5) is 56.2. The van der Waals surface area contributed by atoms with Crippen molar-refractivity contribution in [3.8, 4) is 0 Å². The molecular formula is C31H35Cl2N3O4. The Kier molecular flexibility index (Phi) is 10.4. The van der Waals surface area contributed by atoms with E-state index < -0.39 is 6.04 Å². The van der Waals surface area contributed by atoms with Crippen LogP contribution in [0.3, 0.4) is 0 Å². The average Bonchev–Trinajstić information content (AvgIpc) is 3.20. The van der Waals surface area contributed by atoms with E-state index in [0.717, 1.165) is 18.4 Å². The van der Waals surface area contributed by atoms with Gasteiger partial charge in [-0.25, -0.2) is 0 Å². The second-order valence-electron chi connectivity index (χ2n) is 10.3. The van der Waals surface area contributed by atoms with Crippen LogP contribution in [0.15, 0.2) is 60.7 Å². The molecule has 0 bridgehead atoms. The highest BCUT2D eigenvalue weighted by Gasteiger charge is 2.47. The number of rotatable bonds is 12. The molecule has 2 aliphatic rings. The number of fused-ring (bicyclic) bond motifs is 1. The van der Waals surface area contributed by atoms with Crippen LogP contribution in [0.1, 0.15) is 50.2 Å². The number of allylic oxidation sites excluding steroid dienone is 2.